The van der Waals surface area contributed by atoms with Gasteiger partial charge in [-0.3, -0.25) is 4.79 Å². The summed E-state index contributed by atoms with van der Waals surface area (Å²) >= 11 is 1.64. The average molecular weight is 302 g/mol. The number of carbonyl (C=O) groups excluding carboxylic acids is 1. The molecule has 3 rings (SSSR count). The van der Waals surface area contributed by atoms with E-state index < -0.39 is 6.10 Å². The van der Waals surface area contributed by atoms with Crippen LogP contribution in [0.15, 0.2) is 47.8 Å². The first-order valence-electron chi connectivity index (χ1n) is 7.05. The van der Waals surface area contributed by atoms with E-state index in [1.54, 1.807) is 11.3 Å². The minimum atomic E-state index is -0.412. The van der Waals surface area contributed by atoms with Crippen LogP contribution in [-0.2, 0) is 9.53 Å². The first-order chi connectivity index (χ1) is 10.3. The quantitative estimate of drug-likeness (QED) is 0.907. The van der Waals surface area contributed by atoms with Crippen LogP contribution in [0.5, 0.6) is 0 Å². The van der Waals surface area contributed by atoms with Crippen molar-refractivity contribution in [3.05, 3.63) is 58.3 Å². The molecule has 0 bridgehead atoms. The Balaban J connectivity index is 1.78. The van der Waals surface area contributed by atoms with Crippen LogP contribution in [0.2, 0.25) is 0 Å². The third-order valence-corrected chi connectivity index (χ3v) is 4.40. The van der Waals surface area contributed by atoms with Crippen LogP contribution in [0.1, 0.15) is 16.5 Å². The number of benzene rings is 1. The second-order valence-corrected chi connectivity index (χ2v) is 5.91. The Hall–Kier alpha value is -1.69. The van der Waals surface area contributed by atoms with Gasteiger partial charge in [-0.1, -0.05) is 36.4 Å². The number of carbonyl (C=O) groups is 1. The maximum absolute atomic E-state index is 12.4. The SMILES string of the molecule is O=C(NC(c1ccccc1)c1cccs1)C1CNCCO1. The Morgan fingerprint density at radius 3 is 2.81 bits per heavy atom. The summed E-state index contributed by atoms with van der Waals surface area (Å²) in [5.41, 5.74) is 1.08. The molecule has 2 N–H and O–H groups in total. The molecule has 110 valence electrons. The lowest BCUT2D eigenvalue weighted by atomic mass is 10.0. The summed E-state index contributed by atoms with van der Waals surface area (Å²) in [4.78, 5) is 13.5. The molecule has 1 amide bonds. The maximum atomic E-state index is 12.4. The van der Waals surface area contributed by atoms with Gasteiger partial charge < -0.3 is 15.4 Å². The van der Waals surface area contributed by atoms with Crippen LogP contribution in [0.25, 0.3) is 0 Å². The fraction of sp³-hybridized carbons (Fsp3) is 0.312. The highest BCUT2D eigenvalue weighted by Crippen LogP contribution is 2.26. The number of hydrogen-bond donors (Lipinski definition) is 2. The number of thiophene rings is 1. The lowest BCUT2D eigenvalue weighted by molar-refractivity contribution is -0.134. The molecular formula is C16H18N2O2S. The highest BCUT2D eigenvalue weighted by Gasteiger charge is 2.25. The van der Waals surface area contributed by atoms with Gasteiger partial charge in [0.2, 0.25) is 0 Å². The summed E-state index contributed by atoms with van der Waals surface area (Å²) in [5, 5.41) is 8.32. The fourth-order valence-corrected chi connectivity index (χ4v) is 3.19. The zero-order valence-electron chi connectivity index (χ0n) is 11.6. The standard InChI is InChI=1S/C16H18N2O2S/c19-16(13-11-17-8-9-20-13)18-15(14-7-4-10-21-14)12-5-2-1-3-6-12/h1-7,10,13,15,17H,8-9,11H2,(H,18,19). The lowest BCUT2D eigenvalue weighted by Crippen LogP contribution is -2.48. The number of nitrogens with one attached hydrogen (secondary N) is 2. The van der Waals surface area contributed by atoms with Gasteiger partial charge in [0.25, 0.3) is 5.91 Å². The predicted molar refractivity (Wildman–Crippen MR) is 83.4 cm³/mol. The van der Waals surface area contributed by atoms with Crippen LogP contribution in [0, 0.1) is 0 Å². The van der Waals surface area contributed by atoms with E-state index in [9.17, 15) is 4.79 Å². The van der Waals surface area contributed by atoms with Crippen molar-refractivity contribution in [2.45, 2.75) is 12.1 Å². The molecule has 0 aliphatic carbocycles. The Morgan fingerprint density at radius 1 is 1.29 bits per heavy atom. The van der Waals surface area contributed by atoms with Crippen molar-refractivity contribution < 1.29 is 9.53 Å². The van der Waals surface area contributed by atoms with E-state index in [0.717, 1.165) is 17.0 Å². The zero-order chi connectivity index (χ0) is 14.5. The molecule has 1 aliphatic heterocycles. The predicted octanol–water partition coefficient (Wildman–Crippen LogP) is 1.94. The normalized spacial score (nSPS) is 19.9. The topological polar surface area (TPSA) is 50.4 Å². The summed E-state index contributed by atoms with van der Waals surface area (Å²) < 4.78 is 5.52. The first-order valence-corrected chi connectivity index (χ1v) is 7.93. The van der Waals surface area contributed by atoms with Crippen LogP contribution in [0.3, 0.4) is 0 Å². The van der Waals surface area contributed by atoms with Crippen molar-refractivity contribution in [1.82, 2.24) is 10.6 Å². The number of hydrogen-bond acceptors (Lipinski definition) is 4. The summed E-state index contributed by atoms with van der Waals surface area (Å²) in [6.45, 7) is 1.95. The van der Waals surface area contributed by atoms with E-state index in [2.05, 4.69) is 10.6 Å². The summed E-state index contributed by atoms with van der Waals surface area (Å²) in [6, 6.07) is 13.9. The molecule has 21 heavy (non-hydrogen) atoms. The van der Waals surface area contributed by atoms with Gasteiger partial charge in [0.1, 0.15) is 6.10 Å². The molecule has 1 aromatic carbocycles. The first kappa shape index (κ1) is 14.3. The largest absolute Gasteiger partial charge is 0.366 e. The highest BCUT2D eigenvalue weighted by molar-refractivity contribution is 7.10. The monoisotopic (exact) mass is 302 g/mol. The molecule has 1 saturated heterocycles. The van der Waals surface area contributed by atoms with E-state index in [4.69, 9.17) is 4.74 Å². The minimum Gasteiger partial charge on any atom is -0.366 e. The molecular weight excluding hydrogens is 284 g/mol. The lowest BCUT2D eigenvalue weighted by Gasteiger charge is -2.25. The van der Waals surface area contributed by atoms with Gasteiger partial charge in [-0.2, -0.15) is 0 Å². The average Bonchev–Trinajstić information content (AvgIpc) is 3.08. The molecule has 4 nitrogen and oxygen atoms in total. The summed E-state index contributed by atoms with van der Waals surface area (Å²) in [6.07, 6.45) is -0.412. The van der Waals surface area contributed by atoms with Crippen molar-refractivity contribution in [2.75, 3.05) is 19.7 Å². The van der Waals surface area contributed by atoms with Crippen molar-refractivity contribution in [3.63, 3.8) is 0 Å². The zero-order valence-corrected chi connectivity index (χ0v) is 12.4. The number of amides is 1. The fourth-order valence-electron chi connectivity index (χ4n) is 2.39. The maximum Gasteiger partial charge on any atom is 0.251 e. The second-order valence-electron chi connectivity index (χ2n) is 4.93. The smallest absolute Gasteiger partial charge is 0.251 e. The van der Waals surface area contributed by atoms with E-state index in [1.807, 2.05) is 47.8 Å². The van der Waals surface area contributed by atoms with Crippen molar-refractivity contribution in [3.8, 4) is 0 Å². The Labute approximate surface area is 128 Å². The van der Waals surface area contributed by atoms with Crippen molar-refractivity contribution in [1.29, 1.82) is 0 Å². The van der Waals surface area contributed by atoms with E-state index >= 15 is 0 Å². The van der Waals surface area contributed by atoms with Gasteiger partial charge >= 0.3 is 0 Å². The minimum absolute atomic E-state index is 0.0653. The Morgan fingerprint density at radius 2 is 2.14 bits per heavy atom. The van der Waals surface area contributed by atoms with Crippen LogP contribution in [-0.4, -0.2) is 31.7 Å². The molecule has 2 unspecified atom stereocenters. The molecule has 2 aromatic rings. The molecule has 5 heteroatoms. The number of rotatable bonds is 4. The molecule has 1 fully saturated rings. The van der Waals surface area contributed by atoms with Crippen LogP contribution in [0.4, 0.5) is 0 Å². The number of morpholine rings is 1. The van der Waals surface area contributed by atoms with Crippen molar-refractivity contribution in [2.24, 2.45) is 0 Å². The van der Waals surface area contributed by atoms with Gasteiger partial charge in [-0.25, -0.2) is 0 Å². The molecule has 2 heterocycles. The second kappa shape index (κ2) is 6.85. The summed E-state index contributed by atoms with van der Waals surface area (Å²) in [5.74, 6) is -0.0653. The van der Waals surface area contributed by atoms with Gasteiger partial charge in [0.05, 0.1) is 12.6 Å². The van der Waals surface area contributed by atoms with E-state index in [0.29, 0.717) is 13.2 Å². The van der Waals surface area contributed by atoms with Gasteiger partial charge in [0, 0.05) is 18.0 Å². The van der Waals surface area contributed by atoms with Crippen LogP contribution < -0.4 is 10.6 Å². The van der Waals surface area contributed by atoms with Gasteiger partial charge in [-0.15, -0.1) is 11.3 Å². The summed E-state index contributed by atoms with van der Waals surface area (Å²) in [7, 11) is 0. The Bertz CT molecular complexity index is 565. The third-order valence-electron chi connectivity index (χ3n) is 3.47. The van der Waals surface area contributed by atoms with Crippen molar-refractivity contribution >= 4 is 17.2 Å². The highest BCUT2D eigenvalue weighted by atomic mass is 32.1. The van der Waals surface area contributed by atoms with Crippen LogP contribution >= 0.6 is 11.3 Å². The molecule has 2 atom stereocenters. The third kappa shape index (κ3) is 3.50. The molecule has 1 aliphatic rings. The van der Waals surface area contributed by atoms with E-state index in [-0.39, 0.29) is 11.9 Å². The van der Waals surface area contributed by atoms with Gasteiger partial charge in [0.15, 0.2) is 0 Å². The Kier molecular flexibility index (Phi) is 4.65. The molecule has 0 spiro atoms. The molecule has 1 aromatic heterocycles. The molecule has 0 saturated carbocycles. The number of ether oxygens (including phenoxy) is 1. The van der Waals surface area contributed by atoms with Gasteiger partial charge in [-0.05, 0) is 17.0 Å². The molecule has 0 radical (unpaired) electrons. The van der Waals surface area contributed by atoms with E-state index in [1.165, 1.54) is 0 Å².